The molecule has 0 saturated carbocycles. The number of benzene rings is 1. The fourth-order valence-corrected chi connectivity index (χ4v) is 3.52. The number of nitrogens with one attached hydrogen (secondary N) is 1. The van der Waals surface area contributed by atoms with E-state index in [0.717, 1.165) is 11.0 Å². The maximum atomic E-state index is 14.3. The highest BCUT2D eigenvalue weighted by Gasteiger charge is 2.37. The Hall–Kier alpha value is -3.09. The summed E-state index contributed by atoms with van der Waals surface area (Å²) in [5.41, 5.74) is 5.61. The number of alkyl halides is 1. The molecular formula is C20H16Cl2F2N4O3. The quantitative estimate of drug-likeness (QED) is 0.655. The summed E-state index contributed by atoms with van der Waals surface area (Å²) in [6.45, 7) is 0.312. The fraction of sp³-hybridized carbons (Fsp3) is 0.250. The van der Waals surface area contributed by atoms with E-state index in [1.165, 1.54) is 12.3 Å². The molecule has 0 fully saturated rings. The fourth-order valence-electron chi connectivity index (χ4n) is 3.14. The lowest BCUT2D eigenvalue weighted by Crippen LogP contribution is -2.54. The maximum Gasteiger partial charge on any atom is 0.312 e. The van der Waals surface area contributed by atoms with Gasteiger partial charge in [0.25, 0.3) is 0 Å². The van der Waals surface area contributed by atoms with Crippen LogP contribution in [0.4, 0.5) is 19.3 Å². The zero-order valence-electron chi connectivity index (χ0n) is 16.1. The number of urea groups is 1. The van der Waals surface area contributed by atoms with Gasteiger partial charge in [-0.05, 0) is 13.0 Å². The Bertz CT molecular complexity index is 1120. The Labute approximate surface area is 186 Å². The van der Waals surface area contributed by atoms with Crippen LogP contribution in [0.1, 0.15) is 18.2 Å². The first kappa shape index (κ1) is 22.6. The molecule has 0 aliphatic carbocycles. The van der Waals surface area contributed by atoms with Crippen LogP contribution >= 0.6 is 23.2 Å². The van der Waals surface area contributed by atoms with Gasteiger partial charge < -0.3 is 20.7 Å². The molecule has 1 aliphatic heterocycles. The first-order valence-electron chi connectivity index (χ1n) is 8.97. The van der Waals surface area contributed by atoms with Crippen molar-refractivity contribution in [2.24, 2.45) is 5.73 Å². The highest BCUT2D eigenvalue weighted by Crippen LogP contribution is 2.44. The van der Waals surface area contributed by atoms with Gasteiger partial charge in [0.2, 0.25) is 5.91 Å². The minimum absolute atomic E-state index is 0.00869. The van der Waals surface area contributed by atoms with Crippen molar-refractivity contribution in [3.8, 4) is 23.3 Å². The van der Waals surface area contributed by atoms with Gasteiger partial charge in [0.15, 0.2) is 5.75 Å². The number of hydrogen-bond donors (Lipinski definition) is 2. The molecule has 7 nitrogen and oxygen atoms in total. The molecule has 0 radical (unpaired) electrons. The molecule has 0 saturated heterocycles. The van der Waals surface area contributed by atoms with Crippen molar-refractivity contribution in [3.63, 3.8) is 0 Å². The zero-order chi connectivity index (χ0) is 22.7. The average molecular weight is 469 g/mol. The van der Waals surface area contributed by atoms with Crippen LogP contribution in [0.5, 0.6) is 11.5 Å². The van der Waals surface area contributed by atoms with Crippen LogP contribution in [-0.2, 0) is 11.2 Å². The highest BCUT2D eigenvalue weighted by molar-refractivity contribution is 6.33. The predicted octanol–water partition coefficient (Wildman–Crippen LogP) is 3.59. The minimum Gasteiger partial charge on any atom is -0.452 e. The lowest BCUT2D eigenvalue weighted by molar-refractivity contribution is -0.120. The third kappa shape index (κ3) is 4.65. The van der Waals surface area contributed by atoms with E-state index in [1.807, 2.05) is 0 Å². The van der Waals surface area contributed by atoms with Gasteiger partial charge in [0, 0.05) is 18.7 Å². The monoisotopic (exact) mass is 468 g/mol. The number of hydrogen-bond acceptors (Lipinski definition) is 4. The molecule has 2 aromatic rings. The van der Waals surface area contributed by atoms with Gasteiger partial charge in [-0.15, -0.1) is 5.92 Å². The number of aromatic nitrogens is 1. The van der Waals surface area contributed by atoms with Crippen LogP contribution < -0.4 is 20.7 Å². The Morgan fingerprint density at radius 2 is 2.16 bits per heavy atom. The number of rotatable bonds is 5. The zero-order valence-corrected chi connectivity index (χ0v) is 17.7. The van der Waals surface area contributed by atoms with Crippen LogP contribution in [0, 0.1) is 17.7 Å². The minimum atomic E-state index is -1.04. The number of nitrogens with zero attached hydrogens (tertiary/aromatic N) is 2. The van der Waals surface area contributed by atoms with Gasteiger partial charge in [-0.1, -0.05) is 29.1 Å². The molecule has 11 heteroatoms. The summed E-state index contributed by atoms with van der Waals surface area (Å²) in [7, 11) is 0. The molecule has 1 aromatic carbocycles. The van der Waals surface area contributed by atoms with Crippen molar-refractivity contribution < 1.29 is 23.1 Å². The molecule has 0 unspecified atom stereocenters. The standard InChI is InChI=1S/C20H16Cl2F2N4O3/c1-2-3-10-6-11(21)16(7-13(10)24)31-18-12(22)9-26-14-8-15(27-20(25)30)19(29)28(5-4-23)17(14)18/h6-7,9,15H,4-5,8H2,1H3,(H3,25,27,30)/t15-/m1/s1. The number of carbonyl (C=O) groups is 2. The molecule has 3 amide bonds. The SMILES string of the molecule is CC#Cc1cc(Cl)c(Oc2c(Cl)cnc3c2N(CCF)C(=O)[C@H](NC(N)=O)C3)cc1F. The smallest absolute Gasteiger partial charge is 0.312 e. The Morgan fingerprint density at radius 3 is 2.81 bits per heavy atom. The van der Waals surface area contributed by atoms with E-state index in [-0.39, 0.29) is 45.8 Å². The van der Waals surface area contributed by atoms with Gasteiger partial charge in [-0.25, -0.2) is 13.6 Å². The van der Waals surface area contributed by atoms with Crippen molar-refractivity contribution in [1.29, 1.82) is 0 Å². The molecule has 1 aliphatic rings. The second-order valence-electron chi connectivity index (χ2n) is 6.41. The van der Waals surface area contributed by atoms with E-state index in [4.69, 9.17) is 33.7 Å². The van der Waals surface area contributed by atoms with Crippen molar-refractivity contribution in [3.05, 3.63) is 45.4 Å². The van der Waals surface area contributed by atoms with Crippen LogP contribution in [0.25, 0.3) is 0 Å². The van der Waals surface area contributed by atoms with Crippen molar-refractivity contribution >= 4 is 40.8 Å². The van der Waals surface area contributed by atoms with Gasteiger partial charge in [-0.3, -0.25) is 9.78 Å². The molecule has 3 N–H and O–H groups in total. The van der Waals surface area contributed by atoms with Gasteiger partial charge >= 0.3 is 6.03 Å². The Morgan fingerprint density at radius 1 is 1.42 bits per heavy atom. The summed E-state index contributed by atoms with van der Waals surface area (Å²) in [5.74, 6) is 3.73. The van der Waals surface area contributed by atoms with E-state index < -0.39 is 30.5 Å². The van der Waals surface area contributed by atoms with Crippen LogP contribution in [0.3, 0.4) is 0 Å². The number of pyridine rings is 1. The first-order valence-corrected chi connectivity index (χ1v) is 9.72. The topological polar surface area (TPSA) is 97.6 Å². The molecule has 31 heavy (non-hydrogen) atoms. The number of anilines is 1. The summed E-state index contributed by atoms with van der Waals surface area (Å²) in [5, 5.41) is 2.35. The highest BCUT2D eigenvalue weighted by atomic mass is 35.5. The second-order valence-corrected chi connectivity index (χ2v) is 7.23. The molecule has 2 heterocycles. The summed E-state index contributed by atoms with van der Waals surface area (Å²) in [6, 6.07) is 0.380. The van der Waals surface area contributed by atoms with Gasteiger partial charge in [-0.2, -0.15) is 0 Å². The molecular weight excluding hydrogens is 453 g/mol. The maximum absolute atomic E-state index is 14.3. The number of nitrogens with two attached hydrogens (primary N) is 1. The number of ether oxygens (including phenoxy) is 1. The number of fused-ring (bicyclic) bond motifs is 1. The van der Waals surface area contributed by atoms with E-state index in [9.17, 15) is 18.4 Å². The molecule has 0 bridgehead atoms. The van der Waals surface area contributed by atoms with Crippen LogP contribution in [0.2, 0.25) is 10.0 Å². The molecule has 162 valence electrons. The molecule has 0 spiro atoms. The van der Waals surface area contributed by atoms with E-state index >= 15 is 0 Å². The summed E-state index contributed by atoms with van der Waals surface area (Å²) < 4.78 is 33.4. The molecule has 1 atom stereocenters. The summed E-state index contributed by atoms with van der Waals surface area (Å²) in [4.78, 5) is 29.3. The van der Waals surface area contributed by atoms with Gasteiger partial charge in [0.1, 0.15) is 35.0 Å². The normalized spacial score (nSPS) is 15.1. The summed E-state index contributed by atoms with van der Waals surface area (Å²) in [6.07, 6.45) is 1.24. The predicted molar refractivity (Wildman–Crippen MR) is 112 cm³/mol. The number of carbonyl (C=O) groups excluding carboxylic acids is 2. The lowest BCUT2D eigenvalue weighted by Gasteiger charge is -2.34. The number of amides is 3. The summed E-state index contributed by atoms with van der Waals surface area (Å²) >= 11 is 12.5. The van der Waals surface area contributed by atoms with E-state index in [0.29, 0.717) is 5.69 Å². The second kappa shape index (κ2) is 9.37. The largest absolute Gasteiger partial charge is 0.452 e. The lowest BCUT2D eigenvalue weighted by atomic mass is 10.0. The molecule has 1 aromatic heterocycles. The first-order chi connectivity index (χ1) is 14.8. The molecule has 3 rings (SSSR count). The third-order valence-electron chi connectivity index (χ3n) is 4.39. The number of halogens is 4. The Kier molecular flexibility index (Phi) is 6.83. The van der Waals surface area contributed by atoms with Crippen molar-refractivity contribution in [1.82, 2.24) is 10.3 Å². The van der Waals surface area contributed by atoms with E-state index in [1.54, 1.807) is 6.92 Å². The number of primary amides is 1. The van der Waals surface area contributed by atoms with Crippen molar-refractivity contribution in [2.45, 2.75) is 19.4 Å². The van der Waals surface area contributed by atoms with Crippen molar-refractivity contribution in [2.75, 3.05) is 18.1 Å². The van der Waals surface area contributed by atoms with Gasteiger partial charge in [0.05, 0.1) is 22.8 Å². The third-order valence-corrected chi connectivity index (χ3v) is 4.95. The van der Waals surface area contributed by atoms with Crippen LogP contribution in [-0.4, -0.2) is 36.2 Å². The van der Waals surface area contributed by atoms with Crippen LogP contribution in [0.15, 0.2) is 18.3 Å². The average Bonchev–Trinajstić information content (AvgIpc) is 2.70. The Balaban J connectivity index is 2.10. The van der Waals surface area contributed by atoms with E-state index in [2.05, 4.69) is 22.1 Å².